The lowest BCUT2D eigenvalue weighted by molar-refractivity contribution is 0.416. The van der Waals surface area contributed by atoms with Crippen LogP contribution >= 0.6 is 0 Å². The van der Waals surface area contributed by atoms with Crippen LogP contribution in [0.4, 0.5) is 0 Å². The molecule has 0 aliphatic rings. The van der Waals surface area contributed by atoms with Gasteiger partial charge in [0, 0.05) is 0 Å². The van der Waals surface area contributed by atoms with E-state index in [-0.39, 0.29) is 5.56 Å². The maximum absolute atomic E-state index is 12.5. The molecule has 0 bridgehead atoms. The van der Waals surface area contributed by atoms with Crippen LogP contribution in [-0.4, -0.2) is 17.1 Å². The van der Waals surface area contributed by atoms with Gasteiger partial charge in [-0.3, -0.25) is 4.79 Å². The molecule has 3 rings (SSSR count). The molecular formula is C18H18N2O2. The molecule has 0 atom stereocenters. The molecule has 0 aliphatic carbocycles. The number of nitrogens with zero attached hydrogens (tertiary/aromatic N) is 1. The first-order valence-electron chi connectivity index (χ1n) is 7.16. The minimum atomic E-state index is -0.121. The topological polar surface area (TPSA) is 55.0 Å². The van der Waals surface area contributed by atoms with Gasteiger partial charge < -0.3 is 9.72 Å². The number of H-pyrrole nitrogens is 1. The SMILES string of the molecule is COc1ccc(C)cc1-c1nc2c(C)ccc(C)c2c(=O)[nH]1. The van der Waals surface area contributed by atoms with Crippen molar-refractivity contribution in [3.63, 3.8) is 0 Å². The van der Waals surface area contributed by atoms with E-state index in [2.05, 4.69) is 9.97 Å². The van der Waals surface area contributed by atoms with Crippen molar-refractivity contribution in [3.8, 4) is 17.1 Å². The van der Waals surface area contributed by atoms with Gasteiger partial charge in [0.25, 0.3) is 5.56 Å². The van der Waals surface area contributed by atoms with Crippen LogP contribution in [0.2, 0.25) is 0 Å². The smallest absolute Gasteiger partial charge is 0.259 e. The molecule has 3 aromatic rings. The number of rotatable bonds is 2. The van der Waals surface area contributed by atoms with E-state index in [9.17, 15) is 4.79 Å². The standard InChI is InChI=1S/C18H18N2O2/c1-10-5-8-14(22-4)13(9-10)17-19-16-12(3)7-6-11(2)15(16)18(21)20-17/h5-9H,1-4H3,(H,19,20,21). The molecule has 1 aromatic heterocycles. The lowest BCUT2D eigenvalue weighted by Gasteiger charge is -2.11. The molecule has 1 heterocycles. The van der Waals surface area contributed by atoms with Gasteiger partial charge in [-0.25, -0.2) is 4.98 Å². The first-order chi connectivity index (χ1) is 10.5. The van der Waals surface area contributed by atoms with Gasteiger partial charge in [-0.2, -0.15) is 0 Å². The summed E-state index contributed by atoms with van der Waals surface area (Å²) < 4.78 is 5.40. The van der Waals surface area contributed by atoms with Crippen molar-refractivity contribution in [2.24, 2.45) is 0 Å². The first-order valence-corrected chi connectivity index (χ1v) is 7.16. The third kappa shape index (κ3) is 2.26. The normalized spacial score (nSPS) is 10.9. The Kier molecular flexibility index (Phi) is 3.45. The lowest BCUT2D eigenvalue weighted by Crippen LogP contribution is -2.12. The number of fused-ring (bicyclic) bond motifs is 1. The molecule has 0 amide bonds. The average Bonchev–Trinajstić information content (AvgIpc) is 2.50. The third-order valence-corrected chi connectivity index (χ3v) is 3.88. The highest BCUT2D eigenvalue weighted by Gasteiger charge is 2.13. The van der Waals surface area contributed by atoms with Crippen LogP contribution in [0.1, 0.15) is 16.7 Å². The number of aryl methyl sites for hydroxylation is 3. The first kappa shape index (κ1) is 14.3. The number of methoxy groups -OCH3 is 1. The van der Waals surface area contributed by atoms with Crippen molar-refractivity contribution < 1.29 is 4.74 Å². The quantitative estimate of drug-likeness (QED) is 0.786. The van der Waals surface area contributed by atoms with E-state index in [4.69, 9.17) is 4.74 Å². The summed E-state index contributed by atoms with van der Waals surface area (Å²) in [4.78, 5) is 20.1. The zero-order valence-corrected chi connectivity index (χ0v) is 13.2. The average molecular weight is 294 g/mol. The van der Waals surface area contributed by atoms with Gasteiger partial charge in [0.05, 0.1) is 23.6 Å². The van der Waals surface area contributed by atoms with Crippen molar-refractivity contribution in [3.05, 3.63) is 57.4 Å². The number of hydrogen-bond donors (Lipinski definition) is 1. The van der Waals surface area contributed by atoms with Gasteiger partial charge in [0.1, 0.15) is 11.6 Å². The Morgan fingerprint density at radius 3 is 2.50 bits per heavy atom. The minimum absolute atomic E-state index is 0.121. The van der Waals surface area contributed by atoms with Gasteiger partial charge in [-0.1, -0.05) is 23.8 Å². The summed E-state index contributed by atoms with van der Waals surface area (Å²) in [5.41, 5.74) is 4.41. The Balaban J connectivity index is 2.37. The van der Waals surface area contributed by atoms with E-state index < -0.39 is 0 Å². The van der Waals surface area contributed by atoms with E-state index in [1.807, 2.05) is 51.1 Å². The predicted molar refractivity (Wildman–Crippen MR) is 88.6 cm³/mol. The maximum atomic E-state index is 12.5. The number of aromatic nitrogens is 2. The molecule has 0 radical (unpaired) electrons. The minimum Gasteiger partial charge on any atom is -0.496 e. The van der Waals surface area contributed by atoms with Gasteiger partial charge >= 0.3 is 0 Å². The molecule has 0 spiro atoms. The molecule has 2 aromatic carbocycles. The van der Waals surface area contributed by atoms with E-state index in [0.717, 1.165) is 27.8 Å². The van der Waals surface area contributed by atoms with Crippen LogP contribution in [0.3, 0.4) is 0 Å². The molecular weight excluding hydrogens is 276 g/mol. The molecule has 0 saturated carbocycles. The molecule has 0 unspecified atom stereocenters. The van der Waals surface area contributed by atoms with Crippen LogP contribution < -0.4 is 10.3 Å². The molecule has 112 valence electrons. The molecule has 4 nitrogen and oxygen atoms in total. The Labute approximate surface area is 128 Å². The number of ether oxygens (including phenoxy) is 1. The van der Waals surface area contributed by atoms with E-state index >= 15 is 0 Å². The van der Waals surface area contributed by atoms with Gasteiger partial charge in [0.15, 0.2) is 0 Å². The fourth-order valence-electron chi connectivity index (χ4n) is 2.67. The fourth-order valence-corrected chi connectivity index (χ4v) is 2.67. The number of nitrogens with one attached hydrogen (secondary N) is 1. The summed E-state index contributed by atoms with van der Waals surface area (Å²) in [6.45, 7) is 5.88. The summed E-state index contributed by atoms with van der Waals surface area (Å²) in [7, 11) is 1.61. The number of aromatic amines is 1. The van der Waals surface area contributed by atoms with Crippen LogP contribution in [-0.2, 0) is 0 Å². The second-order valence-corrected chi connectivity index (χ2v) is 5.54. The van der Waals surface area contributed by atoms with Gasteiger partial charge in [0.2, 0.25) is 0 Å². The van der Waals surface area contributed by atoms with Crippen LogP contribution in [0.5, 0.6) is 5.75 Å². The van der Waals surface area contributed by atoms with Crippen LogP contribution in [0, 0.1) is 20.8 Å². The van der Waals surface area contributed by atoms with Crippen LogP contribution in [0.25, 0.3) is 22.3 Å². The van der Waals surface area contributed by atoms with Gasteiger partial charge in [-0.05, 0) is 44.0 Å². The number of benzene rings is 2. The highest BCUT2D eigenvalue weighted by atomic mass is 16.5. The second kappa shape index (κ2) is 5.30. The van der Waals surface area contributed by atoms with E-state index in [1.165, 1.54) is 0 Å². The zero-order chi connectivity index (χ0) is 15.9. The highest BCUT2D eigenvalue weighted by Crippen LogP contribution is 2.29. The molecule has 0 saturated heterocycles. The second-order valence-electron chi connectivity index (χ2n) is 5.54. The summed E-state index contributed by atoms with van der Waals surface area (Å²) in [6.07, 6.45) is 0. The molecule has 4 heteroatoms. The monoisotopic (exact) mass is 294 g/mol. The van der Waals surface area contributed by atoms with Crippen molar-refractivity contribution in [2.45, 2.75) is 20.8 Å². The van der Waals surface area contributed by atoms with Crippen molar-refractivity contribution in [1.82, 2.24) is 9.97 Å². The van der Waals surface area contributed by atoms with Crippen molar-refractivity contribution in [2.75, 3.05) is 7.11 Å². The molecule has 22 heavy (non-hydrogen) atoms. The predicted octanol–water partition coefficient (Wildman–Crippen LogP) is 3.52. The lowest BCUT2D eigenvalue weighted by atomic mass is 10.1. The fraction of sp³-hybridized carbons (Fsp3) is 0.222. The number of hydrogen-bond acceptors (Lipinski definition) is 3. The third-order valence-electron chi connectivity index (χ3n) is 3.88. The van der Waals surface area contributed by atoms with Crippen molar-refractivity contribution >= 4 is 10.9 Å². The summed E-state index contributed by atoms with van der Waals surface area (Å²) in [6, 6.07) is 9.76. The van der Waals surface area contributed by atoms with E-state index in [1.54, 1.807) is 7.11 Å². The Bertz CT molecular complexity index is 926. The summed E-state index contributed by atoms with van der Waals surface area (Å²) in [5, 5.41) is 0.648. The van der Waals surface area contributed by atoms with Crippen LogP contribution in [0.15, 0.2) is 35.1 Å². The van der Waals surface area contributed by atoms with E-state index in [0.29, 0.717) is 17.0 Å². The Morgan fingerprint density at radius 1 is 1.05 bits per heavy atom. The summed E-state index contributed by atoms with van der Waals surface area (Å²) in [5.74, 6) is 1.23. The van der Waals surface area contributed by atoms with Gasteiger partial charge in [-0.15, -0.1) is 0 Å². The van der Waals surface area contributed by atoms with Crippen molar-refractivity contribution in [1.29, 1.82) is 0 Å². The summed E-state index contributed by atoms with van der Waals surface area (Å²) >= 11 is 0. The zero-order valence-electron chi connectivity index (χ0n) is 13.2. The molecule has 1 N–H and O–H groups in total. The largest absolute Gasteiger partial charge is 0.496 e. The Morgan fingerprint density at radius 2 is 1.77 bits per heavy atom. The maximum Gasteiger partial charge on any atom is 0.259 e. The molecule has 0 aliphatic heterocycles. The Hall–Kier alpha value is -2.62. The molecule has 0 fully saturated rings. The highest BCUT2D eigenvalue weighted by molar-refractivity contribution is 5.85.